The molecule has 0 unspecified atom stereocenters. The third kappa shape index (κ3) is 4.46. The number of aromatic carboxylic acids is 1. The zero-order valence-corrected chi connectivity index (χ0v) is 15.4. The van der Waals surface area contributed by atoms with E-state index in [9.17, 15) is 19.5 Å². The van der Waals surface area contributed by atoms with Crippen LogP contribution in [-0.2, 0) is 22.7 Å². The molecule has 1 atom stereocenters. The van der Waals surface area contributed by atoms with Gasteiger partial charge in [-0.15, -0.1) is 0 Å². The van der Waals surface area contributed by atoms with Crippen LogP contribution in [0.3, 0.4) is 0 Å². The van der Waals surface area contributed by atoms with Gasteiger partial charge in [0.2, 0.25) is 11.8 Å². The summed E-state index contributed by atoms with van der Waals surface area (Å²) in [6, 6.07) is 10.2. The van der Waals surface area contributed by atoms with Crippen LogP contribution in [0.2, 0.25) is 0 Å². The molecule has 0 radical (unpaired) electrons. The molecular weight excluding hydrogens is 362 g/mol. The van der Waals surface area contributed by atoms with Crippen molar-refractivity contribution >= 4 is 17.8 Å². The predicted molar refractivity (Wildman–Crippen MR) is 99.6 cm³/mol. The summed E-state index contributed by atoms with van der Waals surface area (Å²) >= 11 is 0. The molecule has 146 valence electrons. The number of ether oxygens (including phenoxy) is 1. The Balaban J connectivity index is 1.57. The highest BCUT2D eigenvalue weighted by molar-refractivity contribution is 5.91. The average molecular weight is 383 g/mol. The molecule has 8 nitrogen and oxygen atoms in total. The Morgan fingerprint density at radius 2 is 2.14 bits per heavy atom. The zero-order valence-electron chi connectivity index (χ0n) is 15.4. The first-order chi connectivity index (χ1) is 13.5. The van der Waals surface area contributed by atoms with Gasteiger partial charge in [-0.05, 0) is 29.8 Å². The second-order valence-electron chi connectivity index (χ2n) is 6.55. The van der Waals surface area contributed by atoms with Crippen LogP contribution in [0.4, 0.5) is 0 Å². The Morgan fingerprint density at radius 3 is 2.82 bits per heavy atom. The molecule has 0 bridgehead atoms. The van der Waals surface area contributed by atoms with E-state index in [2.05, 4.69) is 10.3 Å². The highest BCUT2D eigenvalue weighted by Crippen LogP contribution is 2.22. The molecule has 2 heterocycles. The van der Waals surface area contributed by atoms with Crippen molar-refractivity contribution in [3.63, 3.8) is 0 Å². The number of benzene rings is 1. The lowest BCUT2D eigenvalue weighted by molar-refractivity contribution is -0.129. The normalized spacial score (nSPS) is 16.1. The third-order valence-corrected chi connectivity index (χ3v) is 4.63. The van der Waals surface area contributed by atoms with Gasteiger partial charge in [0.1, 0.15) is 11.3 Å². The topological polar surface area (TPSA) is 109 Å². The Bertz CT molecular complexity index is 885. The molecular formula is C20H21N3O5. The molecule has 2 aromatic rings. The lowest BCUT2D eigenvalue weighted by Gasteiger charge is -2.16. The van der Waals surface area contributed by atoms with E-state index in [1.54, 1.807) is 29.3 Å². The van der Waals surface area contributed by atoms with Crippen molar-refractivity contribution in [2.24, 2.45) is 5.92 Å². The first kappa shape index (κ1) is 19.3. The van der Waals surface area contributed by atoms with Crippen LogP contribution in [0.25, 0.3) is 0 Å². The van der Waals surface area contributed by atoms with Gasteiger partial charge in [-0.25, -0.2) is 4.79 Å². The van der Waals surface area contributed by atoms with Crippen LogP contribution >= 0.6 is 0 Å². The lowest BCUT2D eigenvalue weighted by Crippen LogP contribution is -2.32. The number of amides is 2. The molecule has 1 aliphatic rings. The van der Waals surface area contributed by atoms with E-state index >= 15 is 0 Å². The number of carbonyl (C=O) groups excluding carboxylic acids is 2. The number of rotatable bonds is 7. The van der Waals surface area contributed by atoms with Crippen LogP contribution < -0.4 is 10.1 Å². The van der Waals surface area contributed by atoms with Crippen LogP contribution in [0, 0.1) is 5.92 Å². The zero-order chi connectivity index (χ0) is 20.1. The summed E-state index contributed by atoms with van der Waals surface area (Å²) in [6.07, 6.45) is 1.82. The van der Waals surface area contributed by atoms with Crippen molar-refractivity contribution in [1.29, 1.82) is 0 Å². The molecule has 1 saturated heterocycles. The molecule has 28 heavy (non-hydrogen) atoms. The Morgan fingerprint density at radius 1 is 1.32 bits per heavy atom. The van der Waals surface area contributed by atoms with Gasteiger partial charge in [-0.3, -0.25) is 14.6 Å². The van der Waals surface area contributed by atoms with E-state index in [1.807, 2.05) is 12.1 Å². The van der Waals surface area contributed by atoms with Gasteiger partial charge in [-0.2, -0.15) is 0 Å². The van der Waals surface area contributed by atoms with Crippen LogP contribution in [0.5, 0.6) is 5.75 Å². The highest BCUT2D eigenvalue weighted by atomic mass is 16.5. The number of hydrogen-bond donors (Lipinski definition) is 2. The highest BCUT2D eigenvalue weighted by Gasteiger charge is 2.34. The summed E-state index contributed by atoms with van der Waals surface area (Å²) in [5.41, 5.74) is 1.45. The smallest absolute Gasteiger partial charge is 0.339 e. The van der Waals surface area contributed by atoms with Crippen LogP contribution in [0.1, 0.15) is 28.0 Å². The second kappa shape index (κ2) is 8.51. The number of likely N-dealkylation sites (tertiary alicyclic amines) is 1. The van der Waals surface area contributed by atoms with Gasteiger partial charge in [0.05, 0.1) is 25.3 Å². The molecule has 0 spiro atoms. The molecule has 2 amide bonds. The van der Waals surface area contributed by atoms with Gasteiger partial charge in [-0.1, -0.05) is 12.1 Å². The van der Waals surface area contributed by atoms with Crippen molar-refractivity contribution in [3.8, 4) is 5.75 Å². The van der Waals surface area contributed by atoms with E-state index in [-0.39, 0.29) is 36.1 Å². The van der Waals surface area contributed by atoms with Gasteiger partial charge in [0.25, 0.3) is 0 Å². The van der Waals surface area contributed by atoms with Gasteiger partial charge in [0.15, 0.2) is 0 Å². The molecule has 1 aliphatic heterocycles. The Labute approximate surface area is 162 Å². The van der Waals surface area contributed by atoms with E-state index < -0.39 is 11.9 Å². The van der Waals surface area contributed by atoms with Gasteiger partial charge >= 0.3 is 5.97 Å². The number of carboxylic acid groups (broad SMARTS) is 1. The molecule has 1 aromatic carbocycles. The largest absolute Gasteiger partial charge is 0.496 e. The summed E-state index contributed by atoms with van der Waals surface area (Å²) in [4.78, 5) is 41.8. The number of methoxy groups -OCH3 is 1. The maximum atomic E-state index is 12.5. The number of carbonyl (C=O) groups is 3. The summed E-state index contributed by atoms with van der Waals surface area (Å²) in [6.45, 7) is 0.891. The number of hydrogen-bond acceptors (Lipinski definition) is 5. The number of pyridine rings is 1. The molecule has 2 N–H and O–H groups in total. The predicted octanol–water partition coefficient (Wildman–Crippen LogP) is 1.45. The van der Waals surface area contributed by atoms with Gasteiger partial charge < -0.3 is 20.1 Å². The lowest BCUT2D eigenvalue weighted by atomic mass is 10.1. The van der Waals surface area contributed by atoms with Crippen molar-refractivity contribution in [2.75, 3.05) is 13.7 Å². The van der Waals surface area contributed by atoms with Crippen molar-refractivity contribution in [3.05, 3.63) is 59.4 Å². The summed E-state index contributed by atoms with van der Waals surface area (Å²) in [5.74, 6) is -1.59. The van der Waals surface area contributed by atoms with E-state index in [1.165, 1.54) is 13.2 Å². The minimum atomic E-state index is -1.10. The minimum absolute atomic E-state index is 0.0341. The molecule has 0 aliphatic carbocycles. The third-order valence-electron chi connectivity index (χ3n) is 4.63. The number of aromatic nitrogens is 1. The fourth-order valence-corrected chi connectivity index (χ4v) is 3.15. The maximum Gasteiger partial charge on any atom is 0.339 e. The average Bonchev–Trinajstić information content (AvgIpc) is 3.07. The quantitative estimate of drug-likeness (QED) is 0.749. The number of carboxylic acids is 1. The fraction of sp³-hybridized carbons (Fsp3) is 0.300. The number of nitrogens with zero attached hydrogens (tertiary/aromatic N) is 2. The Kier molecular flexibility index (Phi) is 5.88. The van der Waals surface area contributed by atoms with Crippen molar-refractivity contribution < 1.29 is 24.2 Å². The van der Waals surface area contributed by atoms with E-state index in [0.717, 1.165) is 5.69 Å². The summed E-state index contributed by atoms with van der Waals surface area (Å²) < 4.78 is 5.02. The second-order valence-corrected chi connectivity index (χ2v) is 6.55. The van der Waals surface area contributed by atoms with E-state index in [4.69, 9.17) is 4.74 Å². The molecule has 1 fully saturated rings. The summed E-state index contributed by atoms with van der Waals surface area (Å²) in [7, 11) is 1.40. The maximum absolute atomic E-state index is 12.5. The SMILES string of the molecule is COc1ccc(CNC(=O)[C@H]2CC(=O)N(Cc3ccccn3)C2)cc1C(=O)O. The van der Waals surface area contributed by atoms with Crippen LogP contribution in [0.15, 0.2) is 42.6 Å². The van der Waals surface area contributed by atoms with Crippen molar-refractivity contribution in [2.45, 2.75) is 19.5 Å². The monoisotopic (exact) mass is 383 g/mol. The Hall–Kier alpha value is -3.42. The standard InChI is InChI=1S/C20H21N3O5/c1-28-17-6-5-13(8-16(17)20(26)27)10-22-19(25)14-9-18(24)23(11-14)12-15-4-2-3-7-21-15/h2-8,14H,9-12H2,1H3,(H,22,25)(H,26,27)/t14-/m0/s1. The first-order valence-electron chi connectivity index (χ1n) is 8.83. The summed E-state index contributed by atoms with van der Waals surface area (Å²) in [5, 5.41) is 12.0. The molecule has 1 aromatic heterocycles. The molecule has 3 rings (SSSR count). The number of nitrogens with one attached hydrogen (secondary N) is 1. The van der Waals surface area contributed by atoms with Crippen LogP contribution in [-0.4, -0.2) is 46.4 Å². The van der Waals surface area contributed by atoms with Crippen molar-refractivity contribution in [1.82, 2.24) is 15.2 Å². The molecule has 8 heteroatoms. The van der Waals surface area contributed by atoms with Gasteiger partial charge in [0, 0.05) is 25.7 Å². The fourth-order valence-electron chi connectivity index (χ4n) is 3.15. The first-order valence-corrected chi connectivity index (χ1v) is 8.83. The molecule has 0 saturated carbocycles. The minimum Gasteiger partial charge on any atom is -0.496 e. The van der Waals surface area contributed by atoms with E-state index in [0.29, 0.717) is 18.7 Å².